The molecule has 0 bridgehead atoms. The number of alkyl halides is 3. The Bertz CT molecular complexity index is 690. The lowest BCUT2D eigenvalue weighted by molar-refractivity contribution is -0.137. The summed E-state index contributed by atoms with van der Waals surface area (Å²) in [6, 6.07) is 15.6. The Morgan fingerprint density at radius 1 is 0.833 bits per heavy atom. The van der Waals surface area contributed by atoms with Crippen molar-refractivity contribution in [3.63, 3.8) is 0 Å². The number of hydrogen-bond donors (Lipinski definition) is 0. The summed E-state index contributed by atoms with van der Waals surface area (Å²) >= 11 is 0. The molecule has 1 fully saturated rings. The van der Waals surface area contributed by atoms with Crippen molar-refractivity contribution >= 4 is 11.9 Å². The number of benzene rings is 2. The molecule has 6 heteroatoms. The van der Waals surface area contributed by atoms with E-state index in [4.69, 9.17) is 0 Å². The molecule has 0 aromatic heterocycles. The SMILES string of the molecule is FC(F)(F)c1ccccc1/C=N\N1CCN(c2ccccc2)CC1. The maximum Gasteiger partial charge on any atom is 0.417 e. The molecule has 1 heterocycles. The third-order valence-electron chi connectivity index (χ3n) is 4.00. The molecular formula is C18H18F3N3. The van der Waals surface area contributed by atoms with E-state index < -0.39 is 11.7 Å². The first kappa shape index (κ1) is 16.4. The van der Waals surface area contributed by atoms with Gasteiger partial charge in [-0.05, 0) is 18.2 Å². The fraction of sp³-hybridized carbons (Fsp3) is 0.278. The van der Waals surface area contributed by atoms with Crippen LogP contribution in [-0.4, -0.2) is 37.4 Å². The predicted molar refractivity (Wildman–Crippen MR) is 89.3 cm³/mol. The Morgan fingerprint density at radius 2 is 1.46 bits per heavy atom. The molecule has 0 unspecified atom stereocenters. The average molecular weight is 333 g/mol. The zero-order chi connectivity index (χ0) is 17.0. The van der Waals surface area contributed by atoms with Gasteiger partial charge >= 0.3 is 6.18 Å². The molecule has 3 nitrogen and oxygen atoms in total. The van der Waals surface area contributed by atoms with Crippen LogP contribution in [0.4, 0.5) is 18.9 Å². The van der Waals surface area contributed by atoms with Crippen LogP contribution in [0.2, 0.25) is 0 Å². The summed E-state index contributed by atoms with van der Waals surface area (Å²) in [5, 5.41) is 6.05. The summed E-state index contributed by atoms with van der Waals surface area (Å²) in [4.78, 5) is 2.25. The number of nitrogens with zero attached hydrogens (tertiary/aromatic N) is 3. The highest BCUT2D eigenvalue weighted by Gasteiger charge is 2.32. The number of anilines is 1. The van der Waals surface area contributed by atoms with Gasteiger partial charge in [-0.2, -0.15) is 18.3 Å². The van der Waals surface area contributed by atoms with Crippen molar-refractivity contribution < 1.29 is 13.2 Å². The normalized spacial score (nSPS) is 16.0. The molecule has 2 aromatic rings. The molecule has 3 rings (SSSR count). The number of para-hydroxylation sites is 1. The van der Waals surface area contributed by atoms with Gasteiger partial charge in [0.1, 0.15) is 0 Å². The first-order valence-electron chi connectivity index (χ1n) is 7.79. The Kier molecular flexibility index (Phi) is 4.74. The summed E-state index contributed by atoms with van der Waals surface area (Å²) in [6.45, 7) is 2.95. The summed E-state index contributed by atoms with van der Waals surface area (Å²) in [6.07, 6.45) is -3.06. The van der Waals surface area contributed by atoms with Crippen LogP contribution in [0.1, 0.15) is 11.1 Å². The molecule has 24 heavy (non-hydrogen) atoms. The van der Waals surface area contributed by atoms with Crippen LogP contribution >= 0.6 is 0 Å². The van der Waals surface area contributed by atoms with E-state index in [2.05, 4.69) is 22.1 Å². The lowest BCUT2D eigenvalue weighted by Crippen LogP contribution is -2.44. The van der Waals surface area contributed by atoms with Crippen molar-refractivity contribution in [3.8, 4) is 0 Å². The second-order valence-corrected chi connectivity index (χ2v) is 5.61. The van der Waals surface area contributed by atoms with E-state index >= 15 is 0 Å². The molecule has 2 aromatic carbocycles. The van der Waals surface area contributed by atoms with Gasteiger partial charge in [-0.1, -0.05) is 36.4 Å². The van der Waals surface area contributed by atoms with Crippen LogP contribution in [0.25, 0.3) is 0 Å². The van der Waals surface area contributed by atoms with Crippen molar-refractivity contribution in [2.24, 2.45) is 5.10 Å². The molecular weight excluding hydrogens is 315 g/mol. The summed E-state index contributed by atoms with van der Waals surface area (Å²) in [5.74, 6) is 0. The minimum absolute atomic E-state index is 0.0930. The number of hydrogen-bond acceptors (Lipinski definition) is 3. The minimum Gasteiger partial charge on any atom is -0.368 e. The Labute approximate surface area is 139 Å². The Hall–Kier alpha value is -2.50. The molecule has 0 saturated carbocycles. The minimum atomic E-state index is -4.37. The quantitative estimate of drug-likeness (QED) is 0.794. The number of rotatable bonds is 3. The Morgan fingerprint density at radius 3 is 2.12 bits per heavy atom. The van der Waals surface area contributed by atoms with Crippen molar-refractivity contribution in [3.05, 3.63) is 65.7 Å². The molecule has 0 atom stereocenters. The van der Waals surface area contributed by atoms with E-state index in [9.17, 15) is 13.2 Å². The third-order valence-corrected chi connectivity index (χ3v) is 4.00. The van der Waals surface area contributed by atoms with Gasteiger partial charge in [0.25, 0.3) is 0 Å². The number of piperazine rings is 1. The molecule has 1 aliphatic heterocycles. The second-order valence-electron chi connectivity index (χ2n) is 5.61. The van der Waals surface area contributed by atoms with Crippen LogP contribution in [0.5, 0.6) is 0 Å². The maximum absolute atomic E-state index is 13.0. The molecule has 1 saturated heterocycles. The van der Waals surface area contributed by atoms with E-state index in [1.54, 1.807) is 6.07 Å². The van der Waals surface area contributed by atoms with Crippen LogP contribution in [0, 0.1) is 0 Å². The highest BCUT2D eigenvalue weighted by molar-refractivity contribution is 5.81. The topological polar surface area (TPSA) is 18.8 Å². The number of halogens is 3. The van der Waals surface area contributed by atoms with E-state index in [1.807, 2.05) is 23.2 Å². The highest BCUT2D eigenvalue weighted by Crippen LogP contribution is 2.31. The van der Waals surface area contributed by atoms with Gasteiger partial charge in [-0.25, -0.2) is 0 Å². The monoisotopic (exact) mass is 333 g/mol. The molecule has 0 amide bonds. The lowest BCUT2D eigenvalue weighted by Gasteiger charge is -2.34. The van der Waals surface area contributed by atoms with E-state index in [-0.39, 0.29) is 5.56 Å². The zero-order valence-electron chi connectivity index (χ0n) is 13.1. The van der Waals surface area contributed by atoms with Crippen LogP contribution < -0.4 is 4.90 Å². The van der Waals surface area contributed by atoms with Crippen molar-refractivity contribution in [2.75, 3.05) is 31.1 Å². The van der Waals surface area contributed by atoms with Crippen LogP contribution in [0.3, 0.4) is 0 Å². The third kappa shape index (κ3) is 3.88. The van der Waals surface area contributed by atoms with E-state index in [0.29, 0.717) is 13.1 Å². The van der Waals surface area contributed by atoms with Crippen molar-refractivity contribution in [2.45, 2.75) is 6.18 Å². The molecule has 1 aliphatic rings. The van der Waals surface area contributed by atoms with E-state index in [0.717, 1.165) is 24.8 Å². The van der Waals surface area contributed by atoms with Crippen molar-refractivity contribution in [1.29, 1.82) is 0 Å². The lowest BCUT2D eigenvalue weighted by atomic mass is 10.1. The van der Waals surface area contributed by atoms with Gasteiger partial charge in [0.2, 0.25) is 0 Å². The van der Waals surface area contributed by atoms with Crippen LogP contribution in [-0.2, 0) is 6.18 Å². The van der Waals surface area contributed by atoms with E-state index in [1.165, 1.54) is 18.3 Å². The van der Waals surface area contributed by atoms with Gasteiger partial charge in [0, 0.05) is 24.3 Å². The maximum atomic E-state index is 13.0. The first-order chi connectivity index (χ1) is 11.5. The largest absolute Gasteiger partial charge is 0.417 e. The highest BCUT2D eigenvalue weighted by atomic mass is 19.4. The fourth-order valence-electron chi connectivity index (χ4n) is 2.72. The number of hydrazone groups is 1. The predicted octanol–water partition coefficient (Wildman–Crippen LogP) is 3.86. The van der Waals surface area contributed by atoms with Gasteiger partial charge < -0.3 is 4.90 Å². The standard InChI is InChI=1S/C18H18F3N3/c19-18(20,21)17-9-5-4-6-15(17)14-22-24-12-10-23(11-13-24)16-7-2-1-3-8-16/h1-9,14H,10-13H2/b22-14-. The van der Waals surface area contributed by atoms with Gasteiger partial charge in [0.05, 0.1) is 24.9 Å². The summed E-state index contributed by atoms with van der Waals surface area (Å²) in [7, 11) is 0. The molecule has 0 radical (unpaired) electrons. The fourth-order valence-corrected chi connectivity index (χ4v) is 2.72. The van der Waals surface area contributed by atoms with Crippen LogP contribution in [0.15, 0.2) is 59.7 Å². The van der Waals surface area contributed by atoms with Gasteiger partial charge in [0.15, 0.2) is 0 Å². The zero-order valence-corrected chi connectivity index (χ0v) is 13.1. The smallest absolute Gasteiger partial charge is 0.368 e. The van der Waals surface area contributed by atoms with Gasteiger partial charge in [-0.3, -0.25) is 5.01 Å². The Balaban J connectivity index is 1.64. The first-order valence-corrected chi connectivity index (χ1v) is 7.79. The molecule has 0 spiro atoms. The second kappa shape index (κ2) is 6.95. The summed E-state index contributed by atoms with van der Waals surface area (Å²) in [5.41, 5.74) is 0.593. The van der Waals surface area contributed by atoms with Crippen molar-refractivity contribution in [1.82, 2.24) is 5.01 Å². The molecule has 0 aliphatic carbocycles. The average Bonchev–Trinajstić information content (AvgIpc) is 2.61. The molecule has 126 valence electrons. The summed E-state index contributed by atoms with van der Waals surface area (Å²) < 4.78 is 38.9. The molecule has 0 N–H and O–H groups in total. The van der Waals surface area contributed by atoms with Gasteiger partial charge in [-0.15, -0.1) is 0 Å².